The second kappa shape index (κ2) is 9.22. The predicted octanol–water partition coefficient (Wildman–Crippen LogP) is 2.03. The van der Waals surface area contributed by atoms with Crippen LogP contribution in [0.15, 0.2) is 53.6 Å². The lowest BCUT2D eigenvalue weighted by Gasteiger charge is -2.13. The summed E-state index contributed by atoms with van der Waals surface area (Å²) in [5, 5.41) is 6.42. The minimum absolute atomic E-state index is 0.295. The summed E-state index contributed by atoms with van der Waals surface area (Å²) >= 11 is 0. The van der Waals surface area contributed by atoms with Crippen molar-refractivity contribution in [1.82, 2.24) is 10.7 Å². The van der Waals surface area contributed by atoms with Crippen molar-refractivity contribution in [3.63, 3.8) is 0 Å². The molecule has 0 unspecified atom stereocenters. The van der Waals surface area contributed by atoms with Crippen molar-refractivity contribution in [3.8, 4) is 11.5 Å². The quantitative estimate of drug-likeness (QED) is 0.471. The maximum atomic E-state index is 12.0. The summed E-state index contributed by atoms with van der Waals surface area (Å²) in [4.78, 5) is 23.8. The molecule has 0 spiro atoms. The number of para-hydroxylation sites is 1. The number of carbonyl (C=O) groups is 2. The van der Waals surface area contributed by atoms with Crippen LogP contribution in [-0.2, 0) is 9.59 Å². The standard InChI is InChI=1S/C19H21N3O4/c1-13(14-8-5-4-6-9-14)21-18(23)19(24)22-20-12-15-10-7-11-16(25-2)17(15)26-3/h4-13H,1-3H3,(H,21,23)(H,22,24)/b20-12-/t13-/m0/s1. The molecule has 0 aliphatic carbocycles. The molecule has 0 aliphatic heterocycles. The molecule has 2 aromatic rings. The van der Waals surface area contributed by atoms with Crippen LogP contribution in [0.4, 0.5) is 0 Å². The van der Waals surface area contributed by atoms with Crippen LogP contribution in [0.5, 0.6) is 11.5 Å². The number of ether oxygens (including phenoxy) is 2. The van der Waals surface area contributed by atoms with Gasteiger partial charge < -0.3 is 14.8 Å². The summed E-state index contributed by atoms with van der Waals surface area (Å²) in [7, 11) is 3.03. The zero-order valence-electron chi connectivity index (χ0n) is 14.9. The van der Waals surface area contributed by atoms with E-state index in [1.807, 2.05) is 30.3 Å². The van der Waals surface area contributed by atoms with E-state index in [9.17, 15) is 9.59 Å². The third-order valence-corrected chi connectivity index (χ3v) is 3.66. The van der Waals surface area contributed by atoms with E-state index >= 15 is 0 Å². The first-order valence-corrected chi connectivity index (χ1v) is 7.96. The molecule has 0 aromatic heterocycles. The number of hydrogen-bond acceptors (Lipinski definition) is 5. The van der Waals surface area contributed by atoms with Gasteiger partial charge in [0.05, 0.1) is 26.5 Å². The van der Waals surface area contributed by atoms with Crippen LogP contribution in [0, 0.1) is 0 Å². The molecule has 0 saturated carbocycles. The van der Waals surface area contributed by atoms with Crippen LogP contribution in [-0.4, -0.2) is 32.2 Å². The van der Waals surface area contributed by atoms with Gasteiger partial charge in [0, 0.05) is 5.56 Å². The molecule has 2 rings (SSSR count). The molecule has 1 atom stereocenters. The highest BCUT2D eigenvalue weighted by Crippen LogP contribution is 2.29. The number of hydrazone groups is 1. The minimum atomic E-state index is -0.856. The molecule has 136 valence electrons. The molecule has 0 saturated heterocycles. The van der Waals surface area contributed by atoms with Crippen molar-refractivity contribution in [1.29, 1.82) is 0 Å². The molecule has 7 heteroatoms. The van der Waals surface area contributed by atoms with Crippen molar-refractivity contribution in [3.05, 3.63) is 59.7 Å². The van der Waals surface area contributed by atoms with Crippen LogP contribution in [0.3, 0.4) is 0 Å². The van der Waals surface area contributed by atoms with E-state index in [0.29, 0.717) is 17.1 Å². The lowest BCUT2D eigenvalue weighted by molar-refractivity contribution is -0.139. The molecule has 0 fully saturated rings. The highest BCUT2D eigenvalue weighted by Gasteiger charge is 2.16. The molecule has 0 radical (unpaired) electrons. The maximum Gasteiger partial charge on any atom is 0.329 e. The van der Waals surface area contributed by atoms with Crippen molar-refractivity contribution >= 4 is 18.0 Å². The molecule has 0 heterocycles. The summed E-state index contributed by atoms with van der Waals surface area (Å²) in [6, 6.07) is 14.3. The van der Waals surface area contributed by atoms with Gasteiger partial charge in [0.2, 0.25) is 0 Å². The fourth-order valence-electron chi connectivity index (χ4n) is 2.31. The van der Waals surface area contributed by atoms with Gasteiger partial charge in [-0.2, -0.15) is 5.10 Å². The topological polar surface area (TPSA) is 89.0 Å². The Labute approximate surface area is 152 Å². The van der Waals surface area contributed by atoms with Gasteiger partial charge in [-0.05, 0) is 24.6 Å². The van der Waals surface area contributed by atoms with E-state index in [0.717, 1.165) is 5.56 Å². The predicted molar refractivity (Wildman–Crippen MR) is 98.3 cm³/mol. The molecular weight excluding hydrogens is 334 g/mol. The summed E-state index contributed by atoms with van der Waals surface area (Å²) in [5.74, 6) is -0.602. The molecule has 7 nitrogen and oxygen atoms in total. The van der Waals surface area contributed by atoms with Gasteiger partial charge in [0.25, 0.3) is 0 Å². The Balaban J connectivity index is 1.96. The van der Waals surface area contributed by atoms with E-state index in [1.54, 1.807) is 25.1 Å². The Bertz CT molecular complexity index is 791. The van der Waals surface area contributed by atoms with E-state index in [1.165, 1.54) is 20.4 Å². The number of nitrogens with one attached hydrogen (secondary N) is 2. The second-order valence-electron chi connectivity index (χ2n) is 5.39. The normalized spacial score (nSPS) is 11.7. The number of methoxy groups -OCH3 is 2. The number of benzene rings is 2. The van der Waals surface area contributed by atoms with Gasteiger partial charge in [-0.15, -0.1) is 0 Å². The van der Waals surface area contributed by atoms with Gasteiger partial charge in [0.15, 0.2) is 11.5 Å². The number of nitrogens with zero attached hydrogens (tertiary/aromatic N) is 1. The molecule has 0 aliphatic rings. The summed E-state index contributed by atoms with van der Waals surface area (Å²) in [5.41, 5.74) is 3.70. The lowest BCUT2D eigenvalue weighted by Crippen LogP contribution is -2.39. The van der Waals surface area contributed by atoms with Crippen molar-refractivity contribution in [2.45, 2.75) is 13.0 Å². The highest BCUT2D eigenvalue weighted by atomic mass is 16.5. The van der Waals surface area contributed by atoms with E-state index in [4.69, 9.17) is 9.47 Å². The third kappa shape index (κ3) is 4.83. The molecular formula is C19H21N3O4. The van der Waals surface area contributed by atoms with Crippen LogP contribution in [0.2, 0.25) is 0 Å². The van der Waals surface area contributed by atoms with Crippen molar-refractivity contribution in [2.75, 3.05) is 14.2 Å². The summed E-state index contributed by atoms with van der Waals surface area (Å²) < 4.78 is 10.5. The Morgan fingerprint density at radius 2 is 1.73 bits per heavy atom. The first-order valence-electron chi connectivity index (χ1n) is 7.96. The van der Waals surface area contributed by atoms with E-state index in [2.05, 4.69) is 15.8 Å². The Kier molecular flexibility index (Phi) is 6.73. The summed E-state index contributed by atoms with van der Waals surface area (Å²) in [6.45, 7) is 1.80. The largest absolute Gasteiger partial charge is 0.493 e. The van der Waals surface area contributed by atoms with Crippen LogP contribution >= 0.6 is 0 Å². The average molecular weight is 355 g/mol. The van der Waals surface area contributed by atoms with Gasteiger partial charge in [-0.1, -0.05) is 36.4 Å². The smallest absolute Gasteiger partial charge is 0.329 e. The van der Waals surface area contributed by atoms with Crippen LogP contribution in [0.1, 0.15) is 24.1 Å². The molecule has 2 aromatic carbocycles. The van der Waals surface area contributed by atoms with Crippen LogP contribution in [0.25, 0.3) is 0 Å². The second-order valence-corrected chi connectivity index (χ2v) is 5.39. The third-order valence-electron chi connectivity index (χ3n) is 3.66. The minimum Gasteiger partial charge on any atom is -0.493 e. The first-order chi connectivity index (χ1) is 12.6. The Morgan fingerprint density at radius 1 is 1.00 bits per heavy atom. The fourth-order valence-corrected chi connectivity index (χ4v) is 2.31. The Morgan fingerprint density at radius 3 is 2.38 bits per heavy atom. The number of carbonyl (C=O) groups excluding carboxylic acids is 2. The van der Waals surface area contributed by atoms with Gasteiger partial charge >= 0.3 is 11.8 Å². The molecule has 0 bridgehead atoms. The number of hydrogen-bond donors (Lipinski definition) is 2. The zero-order chi connectivity index (χ0) is 18.9. The van der Waals surface area contributed by atoms with Gasteiger partial charge in [-0.3, -0.25) is 9.59 Å². The summed E-state index contributed by atoms with van der Waals surface area (Å²) in [6.07, 6.45) is 1.38. The van der Waals surface area contributed by atoms with Gasteiger partial charge in [-0.25, -0.2) is 5.43 Å². The molecule has 26 heavy (non-hydrogen) atoms. The average Bonchev–Trinajstić information content (AvgIpc) is 2.68. The number of amides is 2. The highest BCUT2D eigenvalue weighted by molar-refractivity contribution is 6.35. The van der Waals surface area contributed by atoms with Crippen LogP contribution < -0.4 is 20.2 Å². The molecule has 2 amide bonds. The molecule has 2 N–H and O–H groups in total. The monoisotopic (exact) mass is 355 g/mol. The lowest BCUT2D eigenvalue weighted by atomic mass is 10.1. The van der Waals surface area contributed by atoms with E-state index < -0.39 is 11.8 Å². The van der Waals surface area contributed by atoms with Crippen molar-refractivity contribution < 1.29 is 19.1 Å². The fraction of sp³-hybridized carbons (Fsp3) is 0.211. The Hall–Kier alpha value is -3.35. The van der Waals surface area contributed by atoms with E-state index in [-0.39, 0.29) is 6.04 Å². The van der Waals surface area contributed by atoms with Crippen molar-refractivity contribution in [2.24, 2.45) is 5.10 Å². The zero-order valence-corrected chi connectivity index (χ0v) is 14.9. The maximum absolute atomic E-state index is 12.0. The van der Waals surface area contributed by atoms with Gasteiger partial charge in [0.1, 0.15) is 0 Å². The first kappa shape index (κ1) is 19.0. The number of rotatable bonds is 6. The SMILES string of the molecule is COc1cccc(/C=N\NC(=O)C(=O)N[C@@H](C)c2ccccc2)c1OC.